The molecule has 0 aliphatic rings. The first kappa shape index (κ1) is 13.9. The Balaban J connectivity index is 4.22. The normalized spacial score (nSPS) is 16.1. The molecule has 0 amide bonds. The van der Waals surface area contributed by atoms with E-state index in [9.17, 15) is 0 Å². The maximum Gasteiger partial charge on any atom is 0.0254 e. The summed E-state index contributed by atoms with van der Waals surface area (Å²) < 4.78 is 0. The van der Waals surface area contributed by atoms with Crippen LogP contribution in [0.3, 0.4) is 0 Å². The van der Waals surface area contributed by atoms with E-state index in [4.69, 9.17) is 0 Å². The van der Waals surface area contributed by atoms with E-state index in [1.165, 1.54) is 0 Å². The summed E-state index contributed by atoms with van der Waals surface area (Å²) in [5.74, 6) is 0. The Labute approximate surface area is 90.1 Å². The number of nitrogens with zero attached hydrogens (tertiary/aromatic N) is 1. The molecule has 2 nitrogen and oxygen atoms in total. The van der Waals surface area contributed by atoms with Crippen molar-refractivity contribution in [2.45, 2.75) is 53.1 Å². The first-order chi connectivity index (χ1) is 6.04. The van der Waals surface area contributed by atoms with Crippen LogP contribution >= 0.6 is 0 Å². The van der Waals surface area contributed by atoms with E-state index >= 15 is 0 Å². The quantitative estimate of drug-likeness (QED) is 0.749. The summed E-state index contributed by atoms with van der Waals surface area (Å²) in [6, 6.07) is 0.525. The highest BCUT2D eigenvalue weighted by atomic mass is 15.1. The van der Waals surface area contributed by atoms with E-state index in [1.54, 1.807) is 0 Å². The molecule has 0 aromatic rings. The first-order valence-corrected chi connectivity index (χ1v) is 5.47. The Morgan fingerprint density at radius 1 is 1.07 bits per heavy atom. The molecule has 0 heterocycles. The van der Waals surface area contributed by atoms with Crippen LogP contribution in [0.5, 0.6) is 0 Å². The summed E-state index contributed by atoms with van der Waals surface area (Å²) in [4.78, 5) is 2.22. The van der Waals surface area contributed by atoms with E-state index in [-0.39, 0.29) is 5.54 Å². The van der Waals surface area contributed by atoms with Crippen molar-refractivity contribution in [2.75, 3.05) is 20.6 Å². The fourth-order valence-electron chi connectivity index (χ4n) is 1.64. The molecule has 0 aromatic carbocycles. The molecule has 0 saturated heterocycles. The van der Waals surface area contributed by atoms with Gasteiger partial charge >= 0.3 is 0 Å². The van der Waals surface area contributed by atoms with Gasteiger partial charge in [-0.3, -0.25) is 0 Å². The molecule has 0 aliphatic heterocycles. The zero-order valence-electron chi connectivity index (χ0n) is 11.2. The molecule has 0 aliphatic carbocycles. The van der Waals surface area contributed by atoms with Gasteiger partial charge in [-0.2, -0.15) is 0 Å². The Morgan fingerprint density at radius 2 is 1.50 bits per heavy atom. The third kappa shape index (κ3) is 5.61. The lowest BCUT2D eigenvalue weighted by Crippen LogP contribution is -2.54. The van der Waals surface area contributed by atoms with Gasteiger partial charge in [-0.1, -0.05) is 20.8 Å². The van der Waals surface area contributed by atoms with Crippen LogP contribution in [0.1, 0.15) is 41.5 Å². The van der Waals surface area contributed by atoms with E-state index in [0.29, 0.717) is 11.5 Å². The number of rotatable bonds is 4. The van der Waals surface area contributed by atoms with Gasteiger partial charge in [0.15, 0.2) is 0 Å². The Hall–Kier alpha value is -0.0800. The highest BCUT2D eigenvalue weighted by Crippen LogP contribution is 2.21. The molecule has 0 bridgehead atoms. The second kappa shape index (κ2) is 4.63. The van der Waals surface area contributed by atoms with Crippen LogP contribution in [-0.4, -0.2) is 37.1 Å². The molecular weight excluding hydrogens is 172 g/mol. The minimum absolute atomic E-state index is 0.177. The Bertz CT molecular complexity index is 166. The summed E-state index contributed by atoms with van der Waals surface area (Å²) in [6.45, 7) is 14.7. The number of hydrogen-bond donors (Lipinski definition) is 1. The van der Waals surface area contributed by atoms with E-state index < -0.39 is 0 Å². The first-order valence-electron chi connectivity index (χ1n) is 5.47. The fourth-order valence-corrected chi connectivity index (χ4v) is 1.64. The van der Waals surface area contributed by atoms with Crippen LogP contribution in [0.4, 0.5) is 0 Å². The molecule has 0 saturated carbocycles. The molecule has 0 fully saturated rings. The van der Waals surface area contributed by atoms with E-state index in [2.05, 4.69) is 65.9 Å². The van der Waals surface area contributed by atoms with Crippen LogP contribution < -0.4 is 5.32 Å². The van der Waals surface area contributed by atoms with Gasteiger partial charge in [-0.05, 0) is 40.3 Å². The number of likely N-dealkylation sites (N-methyl/N-ethyl adjacent to an activating group) is 1. The molecule has 2 heteroatoms. The molecular formula is C12H28N2. The maximum absolute atomic E-state index is 3.69. The number of hydrogen-bond acceptors (Lipinski definition) is 2. The standard InChI is InChI=1S/C12H28N2/c1-10(11(2,3)4)13-12(5,6)9-14(7)8/h10,13H,9H2,1-8H3. The summed E-state index contributed by atoms with van der Waals surface area (Å²) in [7, 11) is 4.23. The van der Waals surface area contributed by atoms with Crippen molar-refractivity contribution in [1.29, 1.82) is 0 Å². The van der Waals surface area contributed by atoms with E-state index in [1.807, 2.05) is 0 Å². The van der Waals surface area contributed by atoms with Gasteiger partial charge in [-0.25, -0.2) is 0 Å². The lowest BCUT2D eigenvalue weighted by molar-refractivity contribution is 0.191. The summed E-state index contributed by atoms with van der Waals surface area (Å²) in [5.41, 5.74) is 0.500. The van der Waals surface area contributed by atoms with Gasteiger partial charge in [-0.15, -0.1) is 0 Å². The number of nitrogens with one attached hydrogen (secondary N) is 1. The SMILES string of the molecule is CC(NC(C)(C)CN(C)C)C(C)(C)C. The molecule has 0 spiro atoms. The minimum Gasteiger partial charge on any atom is -0.308 e. The van der Waals surface area contributed by atoms with Gasteiger partial charge in [0.25, 0.3) is 0 Å². The predicted octanol–water partition coefficient (Wildman–Crippen LogP) is 2.35. The van der Waals surface area contributed by atoms with Crippen molar-refractivity contribution >= 4 is 0 Å². The lowest BCUT2D eigenvalue weighted by atomic mass is 9.86. The van der Waals surface area contributed by atoms with E-state index in [0.717, 1.165) is 6.54 Å². The van der Waals surface area contributed by atoms with Crippen molar-refractivity contribution in [2.24, 2.45) is 5.41 Å². The Kier molecular flexibility index (Phi) is 4.60. The Morgan fingerprint density at radius 3 is 1.79 bits per heavy atom. The van der Waals surface area contributed by atoms with Crippen molar-refractivity contribution in [3.05, 3.63) is 0 Å². The smallest absolute Gasteiger partial charge is 0.0254 e. The third-order valence-corrected chi connectivity index (χ3v) is 2.62. The molecule has 14 heavy (non-hydrogen) atoms. The molecule has 1 N–H and O–H groups in total. The topological polar surface area (TPSA) is 15.3 Å². The molecule has 0 radical (unpaired) electrons. The molecule has 86 valence electrons. The van der Waals surface area contributed by atoms with Crippen molar-refractivity contribution in [3.63, 3.8) is 0 Å². The van der Waals surface area contributed by atoms with Crippen molar-refractivity contribution in [3.8, 4) is 0 Å². The van der Waals surface area contributed by atoms with Gasteiger partial charge in [0.05, 0.1) is 0 Å². The zero-order valence-corrected chi connectivity index (χ0v) is 11.2. The fraction of sp³-hybridized carbons (Fsp3) is 1.00. The monoisotopic (exact) mass is 200 g/mol. The largest absolute Gasteiger partial charge is 0.308 e. The summed E-state index contributed by atoms with van der Waals surface area (Å²) in [6.07, 6.45) is 0. The molecule has 0 rings (SSSR count). The maximum atomic E-state index is 3.69. The van der Waals surface area contributed by atoms with Gasteiger partial charge in [0.2, 0.25) is 0 Å². The predicted molar refractivity (Wildman–Crippen MR) is 64.7 cm³/mol. The highest BCUT2D eigenvalue weighted by Gasteiger charge is 2.27. The molecule has 0 aromatic heterocycles. The average molecular weight is 200 g/mol. The lowest BCUT2D eigenvalue weighted by Gasteiger charge is -2.38. The summed E-state index contributed by atoms with van der Waals surface area (Å²) >= 11 is 0. The van der Waals surface area contributed by atoms with Gasteiger partial charge < -0.3 is 10.2 Å². The molecule has 1 unspecified atom stereocenters. The van der Waals surface area contributed by atoms with Crippen LogP contribution in [0, 0.1) is 5.41 Å². The minimum atomic E-state index is 0.177. The molecule has 1 atom stereocenters. The second-order valence-corrected chi connectivity index (χ2v) is 6.35. The highest BCUT2D eigenvalue weighted by molar-refractivity contribution is 4.87. The van der Waals surface area contributed by atoms with Crippen LogP contribution in [0.15, 0.2) is 0 Å². The zero-order chi connectivity index (χ0) is 11.6. The third-order valence-electron chi connectivity index (χ3n) is 2.62. The van der Waals surface area contributed by atoms with Crippen molar-refractivity contribution in [1.82, 2.24) is 10.2 Å². The van der Waals surface area contributed by atoms with Crippen LogP contribution in [0.25, 0.3) is 0 Å². The summed E-state index contributed by atoms with van der Waals surface area (Å²) in [5, 5.41) is 3.69. The van der Waals surface area contributed by atoms with Crippen molar-refractivity contribution < 1.29 is 0 Å². The van der Waals surface area contributed by atoms with Crippen LogP contribution in [-0.2, 0) is 0 Å². The van der Waals surface area contributed by atoms with Gasteiger partial charge in [0, 0.05) is 18.1 Å². The average Bonchev–Trinajstić information content (AvgIpc) is 1.79. The van der Waals surface area contributed by atoms with Gasteiger partial charge in [0.1, 0.15) is 0 Å². The second-order valence-electron chi connectivity index (χ2n) is 6.35. The van der Waals surface area contributed by atoms with Crippen LogP contribution in [0.2, 0.25) is 0 Å².